The van der Waals surface area contributed by atoms with Crippen LogP contribution in [0.5, 0.6) is 17.2 Å². The molecule has 7 N–H and O–H groups in total. The number of rotatable bonds is 12. The largest absolute Gasteiger partial charge is 0.496 e. The summed E-state index contributed by atoms with van der Waals surface area (Å²) in [5, 5.41) is 44.3. The summed E-state index contributed by atoms with van der Waals surface area (Å²) in [5.74, 6) is -3.38. The smallest absolute Gasteiger partial charge is 0.420 e. The molecule has 31 heteroatoms. The Bertz CT molecular complexity index is 3640. The molecule has 2 amide bonds. The number of ether oxygens (including phenoxy) is 3. The number of nitro benzene ring substituents is 3. The van der Waals surface area contributed by atoms with Crippen molar-refractivity contribution in [3.63, 3.8) is 0 Å². The molecule has 0 unspecified atom stereocenters. The normalized spacial score (nSPS) is 10.7. The van der Waals surface area contributed by atoms with Gasteiger partial charge in [0, 0.05) is 74.3 Å². The van der Waals surface area contributed by atoms with Gasteiger partial charge in [0.15, 0.2) is 0 Å². The van der Waals surface area contributed by atoms with Crippen molar-refractivity contribution < 1.29 is 92.8 Å². The van der Waals surface area contributed by atoms with Gasteiger partial charge in [-0.25, -0.2) is 4.79 Å². The molecular weight excluding hydrogens is 1200 g/mol. The number of nitrogen functional groups attached to an aromatic ring is 2. The van der Waals surface area contributed by atoms with E-state index in [1.54, 1.807) is 32.9 Å². The van der Waals surface area contributed by atoms with E-state index >= 15 is 0 Å². The van der Waals surface area contributed by atoms with Gasteiger partial charge < -0.3 is 41.4 Å². The van der Waals surface area contributed by atoms with Crippen LogP contribution in [0.3, 0.4) is 0 Å². The van der Waals surface area contributed by atoms with Crippen molar-refractivity contribution in [3.05, 3.63) is 219 Å². The number of amides is 2. The third kappa shape index (κ3) is 20.7. The summed E-state index contributed by atoms with van der Waals surface area (Å²) in [6.07, 6.45) is -13.7. The van der Waals surface area contributed by atoms with Gasteiger partial charge in [0.05, 0.1) is 58.4 Å². The predicted molar refractivity (Wildman–Crippen MR) is 301 cm³/mol. The summed E-state index contributed by atoms with van der Waals surface area (Å²) in [6.45, 7) is 6.46. The second-order valence-electron chi connectivity index (χ2n) is 17.6. The highest BCUT2D eigenvalue weighted by molar-refractivity contribution is 6.67. The minimum atomic E-state index is -4.66. The molecule has 7 rings (SSSR count). The first-order valence-corrected chi connectivity index (χ1v) is 24.4. The number of carboxylic acid groups (broad SMARTS) is 1. The second kappa shape index (κ2) is 30.3. The van der Waals surface area contributed by atoms with E-state index in [1.165, 1.54) is 86.8 Å². The van der Waals surface area contributed by atoms with Crippen LogP contribution in [-0.4, -0.2) is 64.2 Å². The first kappa shape index (κ1) is 70.7. The van der Waals surface area contributed by atoms with Gasteiger partial charge in [-0.05, 0) is 130 Å². The van der Waals surface area contributed by atoms with Crippen LogP contribution in [0.2, 0.25) is 0 Å². The van der Waals surface area contributed by atoms with Gasteiger partial charge in [-0.2, -0.15) is 39.5 Å². The fourth-order valence-corrected chi connectivity index (χ4v) is 7.08. The summed E-state index contributed by atoms with van der Waals surface area (Å²) >= 11 is 5.17. The number of hydrogen-bond donors (Lipinski definition) is 5. The summed E-state index contributed by atoms with van der Waals surface area (Å²) in [5.41, 5.74) is 10.4. The molecule has 0 radical (unpaired) electrons. The van der Waals surface area contributed by atoms with Crippen molar-refractivity contribution in [2.45, 2.75) is 46.2 Å². The lowest BCUT2D eigenvalue weighted by Crippen LogP contribution is -2.14. The van der Waals surface area contributed by atoms with Crippen LogP contribution >= 0.6 is 11.6 Å². The molecule has 0 saturated heterocycles. The highest BCUT2D eigenvalue weighted by Crippen LogP contribution is 2.40. The van der Waals surface area contributed by atoms with Crippen LogP contribution in [0.1, 0.15) is 80.4 Å². The Morgan fingerprint density at radius 3 is 1.10 bits per heavy atom. The lowest BCUT2D eigenvalue weighted by Gasteiger charge is -2.14. The molecule has 0 atom stereocenters. The van der Waals surface area contributed by atoms with Gasteiger partial charge in [0.25, 0.3) is 34.1 Å². The van der Waals surface area contributed by atoms with Crippen LogP contribution in [0.4, 0.5) is 79.3 Å². The Morgan fingerprint density at radius 2 is 0.770 bits per heavy atom. The lowest BCUT2D eigenvalue weighted by atomic mass is 10.1. The Hall–Kier alpha value is -10.5. The number of halogens is 10. The first-order chi connectivity index (χ1) is 40.3. The number of methoxy groups -OCH3 is 3. The maximum absolute atomic E-state index is 13.0. The maximum atomic E-state index is 13.0. The zero-order chi connectivity index (χ0) is 66.1. The predicted octanol–water partition coefficient (Wildman–Crippen LogP) is 14.2. The molecule has 0 aromatic heterocycles. The average Bonchev–Trinajstić information content (AvgIpc) is 2.60. The molecule has 87 heavy (non-hydrogen) atoms. The number of nitro groups is 3. The van der Waals surface area contributed by atoms with Crippen LogP contribution in [0, 0.1) is 58.0 Å². The van der Waals surface area contributed by atoms with E-state index in [2.05, 4.69) is 20.1 Å². The third-order valence-corrected chi connectivity index (χ3v) is 11.8. The quantitative estimate of drug-likeness (QED) is 0.0249. The number of hydrogen-bond acceptors (Lipinski definition) is 15. The number of nitrogens with one attached hydrogen (secondary N) is 2. The van der Waals surface area contributed by atoms with Crippen molar-refractivity contribution >= 4 is 74.4 Å². The molecule has 21 nitrogen and oxygen atoms in total. The molecule has 0 heterocycles. The summed E-state index contributed by atoms with van der Waals surface area (Å²) < 4.78 is 129. The van der Waals surface area contributed by atoms with Gasteiger partial charge in [-0.15, -0.1) is 0 Å². The van der Waals surface area contributed by atoms with Crippen molar-refractivity contribution in [1.29, 1.82) is 0 Å². The van der Waals surface area contributed by atoms with E-state index in [0.29, 0.717) is 22.4 Å². The molecule has 0 saturated carbocycles. The van der Waals surface area contributed by atoms with E-state index < -0.39 is 73.0 Å². The highest BCUT2D eigenvalue weighted by atomic mass is 35.5. The van der Waals surface area contributed by atoms with E-state index in [-0.39, 0.29) is 73.6 Å². The number of benzene rings is 7. The first-order valence-electron chi connectivity index (χ1n) is 24.0. The number of carbonyl (C=O) groups excluding carboxylic acids is 3. The monoisotopic (exact) mass is 1250 g/mol. The van der Waals surface area contributed by atoms with Gasteiger partial charge in [0.2, 0.25) is 0 Å². The molecule has 0 aliphatic rings. The Labute approximate surface area is 491 Å². The van der Waals surface area contributed by atoms with Crippen molar-refractivity contribution in [1.82, 2.24) is 0 Å². The van der Waals surface area contributed by atoms with Crippen molar-refractivity contribution in [2.24, 2.45) is 0 Å². The van der Waals surface area contributed by atoms with Crippen LogP contribution < -0.4 is 36.3 Å². The maximum Gasteiger partial charge on any atom is 0.420 e. The number of carbonyl (C=O) groups is 4. The number of aromatic carboxylic acids is 1. The standard InChI is InChI=1S/C16H13F3N2O4.C16H15F3N2O2.C8H6ClNO3.C8H8F3NO.C8H7NO4/c1-9-3-4-10(7-13(9)21(23)24)15(22)20-11-5-6-14(25-2)12(8-11)16(17,18)19;1-9-3-4-10(7-13(9)20)15(22)21-11-5-6-14(23-2)12(8-11)16(17,18)19;1-5-2-3-6(8(9)11)4-7(5)10(12)13;1-13-7-3-2-5(12)4-6(7)8(9,10)11;1-5-2-3-6(8(10)11)4-7(5)9(12)13/h3-8H,1-2H3,(H,20,22);3-8H,20H2,1-2H3,(H,21,22);2-4H,1H3;2-4H,12H2,1H3;2-4H,1H3,(H,10,11). The highest BCUT2D eigenvalue weighted by Gasteiger charge is 2.37. The fraction of sp³-hybridized carbons (Fsp3) is 0.179. The SMILES string of the molecule is COc1ccc(N)cc1C(F)(F)F.COc1ccc(NC(=O)c2ccc(C)c(N)c2)cc1C(F)(F)F.COc1ccc(NC(=O)c2ccc(C)c([N+](=O)[O-])c2)cc1C(F)(F)F.Cc1ccc(C(=O)Cl)cc1[N+](=O)[O-].Cc1ccc(C(=O)O)cc1[N+](=O)[O-]. The topological polar surface area (TPSA) is 322 Å². The molecule has 7 aromatic rings. The van der Waals surface area contributed by atoms with Crippen LogP contribution in [0.25, 0.3) is 0 Å². The molecule has 7 aromatic carbocycles. The van der Waals surface area contributed by atoms with Gasteiger partial charge in [0.1, 0.15) is 17.2 Å². The van der Waals surface area contributed by atoms with E-state index in [9.17, 15) is 89.0 Å². The number of alkyl halides is 9. The minimum absolute atomic E-state index is 0.0160. The van der Waals surface area contributed by atoms with Crippen molar-refractivity contribution in [3.8, 4) is 17.2 Å². The van der Waals surface area contributed by atoms with E-state index in [4.69, 9.17) is 32.9 Å². The average molecular weight is 1250 g/mol. The number of carboxylic acids is 1. The van der Waals surface area contributed by atoms with E-state index in [0.717, 1.165) is 62.2 Å². The molecule has 0 aliphatic carbocycles. The Kier molecular flexibility index (Phi) is 24.7. The Balaban J connectivity index is 0.000000294. The summed E-state index contributed by atoms with van der Waals surface area (Å²) in [6, 6.07) is 26.2. The lowest BCUT2D eigenvalue weighted by molar-refractivity contribution is -0.385. The fourth-order valence-electron chi connectivity index (χ4n) is 6.96. The molecule has 462 valence electrons. The molecule has 0 spiro atoms. The van der Waals surface area contributed by atoms with Crippen molar-refractivity contribution in [2.75, 3.05) is 43.4 Å². The molecule has 0 aliphatic heterocycles. The third-order valence-electron chi connectivity index (χ3n) is 11.5. The molecular formula is C56H49ClF9N7O14. The van der Waals surface area contributed by atoms with Gasteiger partial charge in [-0.3, -0.25) is 44.7 Å². The molecule has 0 fully saturated rings. The zero-order valence-corrected chi connectivity index (χ0v) is 46.9. The number of nitrogens with two attached hydrogens (primary N) is 2. The molecule has 0 bridgehead atoms. The number of anilines is 4. The second-order valence-corrected chi connectivity index (χ2v) is 18.0. The van der Waals surface area contributed by atoms with Crippen LogP contribution in [-0.2, 0) is 18.5 Å². The Morgan fingerprint density at radius 1 is 0.460 bits per heavy atom. The summed E-state index contributed by atoms with van der Waals surface area (Å²) in [4.78, 5) is 75.4. The van der Waals surface area contributed by atoms with Gasteiger partial charge in [-0.1, -0.05) is 24.3 Å². The van der Waals surface area contributed by atoms with Gasteiger partial charge >= 0.3 is 24.5 Å². The number of nitrogens with zero attached hydrogens (tertiary/aromatic N) is 3. The number of aryl methyl sites for hydroxylation is 4. The van der Waals surface area contributed by atoms with E-state index in [1.807, 2.05) is 0 Å². The van der Waals surface area contributed by atoms with Crippen LogP contribution in [0.15, 0.2) is 127 Å². The summed E-state index contributed by atoms with van der Waals surface area (Å²) in [7, 11) is 3.44. The minimum Gasteiger partial charge on any atom is -0.496 e. The zero-order valence-electron chi connectivity index (χ0n) is 46.2.